The van der Waals surface area contributed by atoms with Gasteiger partial charge in [0.2, 0.25) is 5.91 Å². The number of aryl methyl sites for hydroxylation is 1. The van der Waals surface area contributed by atoms with E-state index in [1.807, 2.05) is 34.6 Å². The minimum Gasteiger partial charge on any atom is -0.326 e. The van der Waals surface area contributed by atoms with Crippen molar-refractivity contribution in [1.82, 2.24) is 10.2 Å². The number of rotatable bonds is 5. The Morgan fingerprint density at radius 2 is 1.79 bits per heavy atom. The van der Waals surface area contributed by atoms with Crippen LogP contribution in [-0.4, -0.2) is 27.1 Å². The van der Waals surface area contributed by atoms with E-state index in [0.29, 0.717) is 11.3 Å². The van der Waals surface area contributed by atoms with E-state index in [1.165, 1.54) is 23.1 Å². The molecule has 0 unspecified atom stereocenters. The lowest BCUT2D eigenvalue weighted by molar-refractivity contribution is -0.123. The third kappa shape index (κ3) is 4.88. The average molecular weight is 364 g/mol. The number of hydrogen-bond donors (Lipinski definition) is 1. The number of nitrogens with zero attached hydrogens (tertiary/aromatic N) is 2. The SMILES string of the molecule is Cc1nnc(S[C@@H](C)C(=O)c2ccc(NC(=O)C(C)(C)C)cc2)s1. The zero-order valence-electron chi connectivity index (χ0n) is 14.4. The number of hydrogen-bond acceptors (Lipinski definition) is 6. The summed E-state index contributed by atoms with van der Waals surface area (Å²) in [5.74, 6) is -0.0290. The van der Waals surface area contributed by atoms with Crippen LogP contribution in [0.25, 0.3) is 0 Å². The molecule has 0 radical (unpaired) electrons. The predicted octanol–water partition coefficient (Wildman–Crippen LogP) is 4.19. The Bertz CT molecular complexity index is 733. The second-order valence-corrected chi connectivity index (χ2v) is 9.26. The highest BCUT2D eigenvalue weighted by Gasteiger charge is 2.22. The molecule has 0 saturated carbocycles. The average Bonchev–Trinajstić information content (AvgIpc) is 2.91. The van der Waals surface area contributed by atoms with Crippen LogP contribution in [-0.2, 0) is 4.79 Å². The maximum absolute atomic E-state index is 12.5. The summed E-state index contributed by atoms with van der Waals surface area (Å²) >= 11 is 2.89. The zero-order valence-corrected chi connectivity index (χ0v) is 16.0. The molecular formula is C17H21N3O2S2. The van der Waals surface area contributed by atoms with E-state index >= 15 is 0 Å². The molecule has 1 atom stereocenters. The minimum atomic E-state index is -0.459. The van der Waals surface area contributed by atoms with E-state index in [-0.39, 0.29) is 16.9 Å². The van der Waals surface area contributed by atoms with Crippen LogP contribution in [0.15, 0.2) is 28.6 Å². The van der Waals surface area contributed by atoms with Gasteiger partial charge in [0.1, 0.15) is 5.01 Å². The first-order valence-corrected chi connectivity index (χ1v) is 9.29. The smallest absolute Gasteiger partial charge is 0.229 e. The van der Waals surface area contributed by atoms with Gasteiger partial charge in [-0.2, -0.15) is 0 Å². The lowest BCUT2D eigenvalue weighted by Crippen LogP contribution is -2.27. The van der Waals surface area contributed by atoms with Crippen LogP contribution >= 0.6 is 23.1 Å². The number of carbonyl (C=O) groups is 2. The Balaban J connectivity index is 2.01. The fourth-order valence-electron chi connectivity index (χ4n) is 1.80. The second-order valence-electron chi connectivity index (χ2n) is 6.49. The maximum Gasteiger partial charge on any atom is 0.229 e. The Labute approximate surface area is 150 Å². The molecule has 0 aliphatic rings. The molecule has 0 aliphatic heterocycles. The van der Waals surface area contributed by atoms with Gasteiger partial charge in [-0.05, 0) is 38.1 Å². The van der Waals surface area contributed by atoms with Gasteiger partial charge in [0.05, 0.1) is 5.25 Å². The van der Waals surface area contributed by atoms with Crippen molar-refractivity contribution in [1.29, 1.82) is 0 Å². The molecule has 7 heteroatoms. The molecule has 0 fully saturated rings. The van der Waals surface area contributed by atoms with E-state index in [2.05, 4.69) is 15.5 Å². The predicted molar refractivity (Wildman–Crippen MR) is 98.8 cm³/mol. The van der Waals surface area contributed by atoms with Gasteiger partial charge in [0.15, 0.2) is 10.1 Å². The van der Waals surface area contributed by atoms with Crippen molar-refractivity contribution in [3.8, 4) is 0 Å². The molecule has 1 N–H and O–H groups in total. The number of carbonyl (C=O) groups excluding carboxylic acids is 2. The Hall–Kier alpha value is -1.73. The van der Waals surface area contributed by atoms with Crippen LogP contribution < -0.4 is 5.32 Å². The fraction of sp³-hybridized carbons (Fsp3) is 0.412. The number of aromatic nitrogens is 2. The summed E-state index contributed by atoms with van der Waals surface area (Å²) in [6.07, 6.45) is 0. The van der Waals surface area contributed by atoms with Crippen molar-refractivity contribution in [3.63, 3.8) is 0 Å². The molecule has 24 heavy (non-hydrogen) atoms. The van der Waals surface area contributed by atoms with E-state index in [0.717, 1.165) is 9.35 Å². The highest BCUT2D eigenvalue weighted by atomic mass is 32.2. The molecule has 2 aromatic rings. The van der Waals surface area contributed by atoms with Gasteiger partial charge in [-0.3, -0.25) is 9.59 Å². The molecule has 1 heterocycles. The largest absolute Gasteiger partial charge is 0.326 e. The normalized spacial score (nSPS) is 12.7. The Morgan fingerprint density at radius 1 is 1.17 bits per heavy atom. The van der Waals surface area contributed by atoms with Crippen molar-refractivity contribution < 1.29 is 9.59 Å². The lowest BCUT2D eigenvalue weighted by Gasteiger charge is -2.17. The number of Topliss-reactive ketones (excluding diaryl/α,β-unsaturated/α-hetero) is 1. The van der Waals surface area contributed by atoms with E-state index in [1.54, 1.807) is 24.3 Å². The maximum atomic E-state index is 12.5. The van der Waals surface area contributed by atoms with E-state index in [4.69, 9.17) is 0 Å². The molecule has 1 aromatic heterocycles. The van der Waals surface area contributed by atoms with Gasteiger partial charge in [0, 0.05) is 16.7 Å². The first-order chi connectivity index (χ1) is 11.2. The van der Waals surface area contributed by atoms with Crippen LogP contribution in [0.1, 0.15) is 43.1 Å². The monoisotopic (exact) mass is 363 g/mol. The molecule has 0 bridgehead atoms. The standard InChI is InChI=1S/C17H21N3O2S2/c1-10(23-16-20-19-11(2)24-16)14(21)12-6-8-13(9-7-12)18-15(22)17(3,4)5/h6-10H,1-5H3,(H,18,22)/t10-/m0/s1. The molecular weight excluding hydrogens is 342 g/mol. The summed E-state index contributed by atoms with van der Waals surface area (Å²) in [5.41, 5.74) is 0.844. The highest BCUT2D eigenvalue weighted by Crippen LogP contribution is 2.28. The number of thioether (sulfide) groups is 1. The van der Waals surface area contributed by atoms with Gasteiger partial charge in [0.25, 0.3) is 0 Å². The summed E-state index contributed by atoms with van der Waals surface area (Å²) in [6, 6.07) is 6.98. The number of nitrogens with one attached hydrogen (secondary N) is 1. The molecule has 1 aromatic carbocycles. The molecule has 5 nitrogen and oxygen atoms in total. The molecule has 1 amide bonds. The van der Waals surface area contributed by atoms with Crippen molar-refractivity contribution in [2.24, 2.45) is 5.41 Å². The summed E-state index contributed by atoms with van der Waals surface area (Å²) in [5, 5.41) is 11.5. The Kier molecular flexibility index (Phi) is 5.77. The van der Waals surface area contributed by atoms with Gasteiger partial charge in [-0.25, -0.2) is 0 Å². The number of amides is 1. The molecule has 2 rings (SSSR count). The van der Waals surface area contributed by atoms with Crippen molar-refractivity contribution in [2.45, 2.75) is 44.2 Å². The number of benzene rings is 1. The lowest BCUT2D eigenvalue weighted by atomic mass is 9.95. The molecule has 0 spiro atoms. The van der Waals surface area contributed by atoms with Crippen LogP contribution in [0.4, 0.5) is 5.69 Å². The third-order valence-electron chi connectivity index (χ3n) is 3.26. The first kappa shape index (κ1) is 18.6. The Morgan fingerprint density at radius 3 is 2.29 bits per heavy atom. The van der Waals surface area contributed by atoms with E-state index in [9.17, 15) is 9.59 Å². The van der Waals surface area contributed by atoms with E-state index < -0.39 is 5.41 Å². The topological polar surface area (TPSA) is 72.0 Å². The van der Waals surface area contributed by atoms with Crippen molar-refractivity contribution >= 4 is 40.5 Å². The number of anilines is 1. The second kappa shape index (κ2) is 7.44. The molecule has 0 aliphatic carbocycles. The summed E-state index contributed by atoms with van der Waals surface area (Å²) in [6.45, 7) is 9.31. The molecule has 0 saturated heterocycles. The van der Waals surface area contributed by atoms with Gasteiger partial charge in [-0.15, -0.1) is 10.2 Å². The van der Waals surface area contributed by atoms with Crippen LogP contribution in [0.3, 0.4) is 0 Å². The van der Waals surface area contributed by atoms with Crippen LogP contribution in [0.2, 0.25) is 0 Å². The van der Waals surface area contributed by atoms with Gasteiger partial charge < -0.3 is 5.32 Å². The summed E-state index contributed by atoms with van der Waals surface area (Å²) in [4.78, 5) is 24.5. The summed E-state index contributed by atoms with van der Waals surface area (Å²) < 4.78 is 0.794. The van der Waals surface area contributed by atoms with Crippen LogP contribution in [0.5, 0.6) is 0 Å². The number of ketones is 1. The highest BCUT2D eigenvalue weighted by molar-refractivity contribution is 8.02. The van der Waals surface area contributed by atoms with Gasteiger partial charge >= 0.3 is 0 Å². The van der Waals surface area contributed by atoms with Crippen molar-refractivity contribution in [3.05, 3.63) is 34.8 Å². The quantitative estimate of drug-likeness (QED) is 0.637. The zero-order chi connectivity index (χ0) is 17.9. The minimum absolute atomic E-state index is 0.0292. The first-order valence-electron chi connectivity index (χ1n) is 7.59. The van der Waals surface area contributed by atoms with Gasteiger partial charge in [-0.1, -0.05) is 43.9 Å². The summed E-state index contributed by atoms with van der Waals surface area (Å²) in [7, 11) is 0. The molecule has 128 valence electrons. The third-order valence-corrected chi connectivity index (χ3v) is 5.29. The fourth-order valence-corrected chi connectivity index (χ4v) is 3.84. The van der Waals surface area contributed by atoms with Crippen LogP contribution in [0, 0.1) is 12.3 Å². The van der Waals surface area contributed by atoms with Crippen molar-refractivity contribution in [2.75, 3.05) is 5.32 Å².